The third-order valence-corrected chi connectivity index (χ3v) is 6.08. The number of thiazole rings is 1. The quantitative estimate of drug-likeness (QED) is 0.476. The van der Waals surface area contributed by atoms with Gasteiger partial charge in [0.05, 0.1) is 5.69 Å². The summed E-state index contributed by atoms with van der Waals surface area (Å²) >= 11 is 7.47. The molecule has 2 aromatic carbocycles. The Morgan fingerprint density at radius 1 is 1.07 bits per heavy atom. The van der Waals surface area contributed by atoms with Crippen molar-refractivity contribution in [3.05, 3.63) is 97.4 Å². The van der Waals surface area contributed by atoms with E-state index in [4.69, 9.17) is 11.6 Å². The summed E-state index contributed by atoms with van der Waals surface area (Å²) in [4.78, 5) is 44.4. The molecule has 1 amide bonds. The van der Waals surface area contributed by atoms with Crippen molar-refractivity contribution in [2.24, 2.45) is 0 Å². The molecule has 0 spiro atoms. The summed E-state index contributed by atoms with van der Waals surface area (Å²) < 4.78 is 1.42. The lowest BCUT2D eigenvalue weighted by atomic mass is 10.0. The fourth-order valence-corrected chi connectivity index (χ4v) is 4.18. The predicted molar refractivity (Wildman–Crippen MR) is 118 cm³/mol. The van der Waals surface area contributed by atoms with Crippen LogP contribution in [0.1, 0.15) is 36.9 Å². The van der Waals surface area contributed by atoms with Crippen LogP contribution >= 0.6 is 22.9 Å². The Bertz CT molecular complexity index is 1360. The molecule has 0 atom stereocenters. The maximum Gasteiger partial charge on any atom is 0.271 e. The van der Waals surface area contributed by atoms with Crippen LogP contribution in [-0.4, -0.2) is 21.1 Å². The molecule has 0 aliphatic rings. The standard InChI is InChI=1S/C22H16ClN3O3S/c1-12-13(2)30-22-24-11-17(21(29)26(12)22)20(28)25-18-9-8-15(23)10-16(18)19(27)14-6-4-3-5-7-14/h3-11H,1-2H3,(H,25,28). The van der Waals surface area contributed by atoms with Crippen molar-refractivity contribution >= 4 is 45.3 Å². The van der Waals surface area contributed by atoms with E-state index >= 15 is 0 Å². The first kappa shape index (κ1) is 20.0. The molecule has 0 saturated heterocycles. The molecular weight excluding hydrogens is 422 g/mol. The number of hydrogen-bond donors (Lipinski definition) is 1. The van der Waals surface area contributed by atoms with Crippen LogP contribution in [0.4, 0.5) is 5.69 Å². The molecule has 0 radical (unpaired) electrons. The topological polar surface area (TPSA) is 80.5 Å². The first-order valence-corrected chi connectivity index (χ1v) is 10.2. The Kier molecular flexibility index (Phi) is 5.24. The van der Waals surface area contributed by atoms with Gasteiger partial charge in [0.25, 0.3) is 11.5 Å². The monoisotopic (exact) mass is 437 g/mol. The first-order chi connectivity index (χ1) is 14.4. The largest absolute Gasteiger partial charge is 0.321 e. The lowest BCUT2D eigenvalue weighted by Crippen LogP contribution is -2.27. The summed E-state index contributed by atoms with van der Waals surface area (Å²) in [5.74, 6) is -0.933. The van der Waals surface area contributed by atoms with E-state index in [2.05, 4.69) is 10.3 Å². The van der Waals surface area contributed by atoms with E-state index < -0.39 is 11.5 Å². The van der Waals surface area contributed by atoms with Gasteiger partial charge < -0.3 is 5.32 Å². The molecule has 6 nitrogen and oxygen atoms in total. The second-order valence-corrected chi connectivity index (χ2v) is 8.30. The summed E-state index contributed by atoms with van der Waals surface area (Å²) in [6, 6.07) is 13.3. The summed E-state index contributed by atoms with van der Waals surface area (Å²) in [6.45, 7) is 3.70. The molecule has 4 rings (SSSR count). The number of aromatic nitrogens is 2. The Morgan fingerprint density at radius 2 is 1.80 bits per heavy atom. The number of aryl methyl sites for hydroxylation is 2. The van der Waals surface area contributed by atoms with E-state index in [0.717, 1.165) is 10.6 Å². The molecule has 0 bridgehead atoms. The first-order valence-electron chi connectivity index (χ1n) is 9.05. The van der Waals surface area contributed by atoms with Crippen LogP contribution < -0.4 is 10.9 Å². The Hall–Kier alpha value is -3.29. The number of benzene rings is 2. The zero-order valence-corrected chi connectivity index (χ0v) is 17.7. The van der Waals surface area contributed by atoms with E-state index in [1.165, 1.54) is 28.0 Å². The van der Waals surface area contributed by atoms with Crippen LogP contribution in [-0.2, 0) is 0 Å². The fourth-order valence-electron chi connectivity index (χ4n) is 3.08. The number of hydrogen-bond acceptors (Lipinski definition) is 5. The third kappa shape index (κ3) is 3.53. The number of halogens is 1. The van der Waals surface area contributed by atoms with Crippen LogP contribution in [0.15, 0.2) is 59.5 Å². The molecule has 0 saturated carbocycles. The number of carbonyl (C=O) groups excluding carboxylic acids is 2. The van der Waals surface area contributed by atoms with Gasteiger partial charge in [-0.25, -0.2) is 4.98 Å². The molecule has 4 aromatic rings. The van der Waals surface area contributed by atoms with Gasteiger partial charge in [0.15, 0.2) is 10.7 Å². The van der Waals surface area contributed by atoms with Crippen molar-refractivity contribution in [3.63, 3.8) is 0 Å². The minimum Gasteiger partial charge on any atom is -0.321 e. The maximum absolute atomic E-state index is 12.9. The van der Waals surface area contributed by atoms with E-state index in [-0.39, 0.29) is 22.6 Å². The summed E-state index contributed by atoms with van der Waals surface area (Å²) in [5.41, 5.74) is 1.14. The van der Waals surface area contributed by atoms with Crippen LogP contribution in [0.2, 0.25) is 5.02 Å². The van der Waals surface area contributed by atoms with E-state index in [1.807, 2.05) is 13.0 Å². The minimum absolute atomic E-state index is 0.110. The highest BCUT2D eigenvalue weighted by Gasteiger charge is 2.20. The lowest BCUT2D eigenvalue weighted by molar-refractivity contribution is 0.102. The van der Waals surface area contributed by atoms with E-state index in [9.17, 15) is 14.4 Å². The number of carbonyl (C=O) groups is 2. The van der Waals surface area contributed by atoms with Crippen molar-refractivity contribution in [1.82, 2.24) is 9.38 Å². The number of fused-ring (bicyclic) bond motifs is 1. The lowest BCUT2D eigenvalue weighted by Gasteiger charge is -2.11. The minimum atomic E-state index is -0.644. The van der Waals surface area contributed by atoms with Crippen LogP contribution in [0, 0.1) is 13.8 Å². The fraction of sp³-hybridized carbons (Fsp3) is 0.0909. The molecule has 1 N–H and O–H groups in total. The van der Waals surface area contributed by atoms with Crippen LogP contribution in [0.3, 0.4) is 0 Å². The van der Waals surface area contributed by atoms with Gasteiger partial charge in [-0.3, -0.25) is 18.8 Å². The zero-order valence-electron chi connectivity index (χ0n) is 16.1. The molecule has 2 aromatic heterocycles. The number of rotatable bonds is 4. The third-order valence-electron chi connectivity index (χ3n) is 4.77. The normalized spacial score (nSPS) is 10.9. The van der Waals surface area contributed by atoms with Gasteiger partial charge in [0.1, 0.15) is 5.56 Å². The van der Waals surface area contributed by atoms with Crippen LogP contribution in [0.5, 0.6) is 0 Å². The summed E-state index contributed by atoms with van der Waals surface area (Å²) in [6.07, 6.45) is 1.26. The van der Waals surface area contributed by atoms with Crippen molar-refractivity contribution < 1.29 is 9.59 Å². The maximum atomic E-state index is 12.9. The van der Waals surface area contributed by atoms with Gasteiger partial charge in [-0.2, -0.15) is 0 Å². The van der Waals surface area contributed by atoms with Crippen molar-refractivity contribution in [3.8, 4) is 0 Å². The second-order valence-electron chi connectivity index (χ2n) is 6.68. The Labute approximate surface area is 180 Å². The van der Waals surface area contributed by atoms with Crippen LogP contribution in [0.25, 0.3) is 4.96 Å². The molecular formula is C22H16ClN3O3S. The highest BCUT2D eigenvalue weighted by Crippen LogP contribution is 2.24. The highest BCUT2D eigenvalue weighted by atomic mass is 35.5. The van der Waals surface area contributed by atoms with Crippen molar-refractivity contribution in [1.29, 1.82) is 0 Å². The summed E-state index contributed by atoms with van der Waals surface area (Å²) in [7, 11) is 0. The molecule has 30 heavy (non-hydrogen) atoms. The van der Waals surface area contributed by atoms with Gasteiger partial charge in [0.2, 0.25) is 0 Å². The number of anilines is 1. The van der Waals surface area contributed by atoms with Gasteiger partial charge in [-0.15, -0.1) is 11.3 Å². The molecule has 0 unspecified atom stereocenters. The smallest absolute Gasteiger partial charge is 0.271 e. The molecule has 150 valence electrons. The average Bonchev–Trinajstić information content (AvgIpc) is 3.04. The SMILES string of the molecule is Cc1sc2ncc(C(=O)Nc3ccc(Cl)cc3C(=O)c3ccccc3)c(=O)n2c1C. The highest BCUT2D eigenvalue weighted by molar-refractivity contribution is 7.17. The molecule has 8 heteroatoms. The van der Waals surface area contributed by atoms with Gasteiger partial charge >= 0.3 is 0 Å². The molecule has 0 fully saturated rings. The number of amides is 1. The number of ketones is 1. The Morgan fingerprint density at radius 3 is 2.53 bits per heavy atom. The van der Waals surface area contributed by atoms with Gasteiger partial charge in [-0.1, -0.05) is 41.9 Å². The molecule has 0 aliphatic carbocycles. The van der Waals surface area contributed by atoms with E-state index in [0.29, 0.717) is 15.5 Å². The zero-order chi connectivity index (χ0) is 21.4. The van der Waals surface area contributed by atoms with Gasteiger partial charge in [0, 0.05) is 32.9 Å². The number of nitrogens with zero attached hydrogens (tertiary/aromatic N) is 2. The molecule has 2 heterocycles. The van der Waals surface area contributed by atoms with E-state index in [1.54, 1.807) is 43.3 Å². The Balaban J connectivity index is 1.73. The molecule has 0 aliphatic heterocycles. The second kappa shape index (κ2) is 7.85. The van der Waals surface area contributed by atoms with Crippen molar-refractivity contribution in [2.45, 2.75) is 13.8 Å². The van der Waals surface area contributed by atoms with Crippen molar-refractivity contribution in [2.75, 3.05) is 5.32 Å². The average molecular weight is 438 g/mol. The summed E-state index contributed by atoms with van der Waals surface area (Å²) in [5, 5.41) is 3.03. The predicted octanol–water partition coefficient (Wildman–Crippen LogP) is 4.51. The number of nitrogens with one attached hydrogen (secondary N) is 1. The van der Waals surface area contributed by atoms with Gasteiger partial charge in [-0.05, 0) is 32.0 Å².